The molecule has 0 bridgehead atoms. The number of carbonyl (C=O) groups excluding carboxylic acids is 1. The molecule has 1 heterocycles. The van der Waals surface area contributed by atoms with Crippen LogP contribution in [-0.4, -0.2) is 22.1 Å². The number of benzene rings is 2. The first-order valence-electron chi connectivity index (χ1n) is 8.71. The van der Waals surface area contributed by atoms with Crippen molar-refractivity contribution >= 4 is 17.0 Å². The van der Waals surface area contributed by atoms with Crippen molar-refractivity contribution in [2.24, 2.45) is 5.41 Å². The SMILES string of the molecule is CCC(C)(C)C(=O)OCCn1c(-c2ccccc2)nc2ccccc21. The van der Waals surface area contributed by atoms with Crippen LogP contribution in [0.15, 0.2) is 54.6 Å². The van der Waals surface area contributed by atoms with Crippen molar-refractivity contribution in [3.05, 3.63) is 54.6 Å². The van der Waals surface area contributed by atoms with E-state index in [2.05, 4.69) is 4.57 Å². The van der Waals surface area contributed by atoms with E-state index in [-0.39, 0.29) is 5.97 Å². The van der Waals surface area contributed by atoms with Gasteiger partial charge < -0.3 is 9.30 Å². The molecule has 0 radical (unpaired) electrons. The smallest absolute Gasteiger partial charge is 0.311 e. The van der Waals surface area contributed by atoms with Crippen LogP contribution in [-0.2, 0) is 16.1 Å². The largest absolute Gasteiger partial charge is 0.463 e. The number of esters is 1. The molecule has 4 heteroatoms. The van der Waals surface area contributed by atoms with Crippen LogP contribution in [0.25, 0.3) is 22.4 Å². The Balaban J connectivity index is 1.86. The highest BCUT2D eigenvalue weighted by Crippen LogP contribution is 2.25. The molecule has 0 aliphatic carbocycles. The van der Waals surface area contributed by atoms with Gasteiger partial charge in [0.25, 0.3) is 0 Å². The number of hydrogen-bond acceptors (Lipinski definition) is 3. The van der Waals surface area contributed by atoms with E-state index in [4.69, 9.17) is 9.72 Å². The Morgan fingerprint density at radius 2 is 1.76 bits per heavy atom. The predicted octanol–water partition coefficient (Wildman–Crippen LogP) is 4.68. The first kappa shape index (κ1) is 17.2. The first-order chi connectivity index (χ1) is 12.0. The van der Waals surface area contributed by atoms with Crippen molar-refractivity contribution < 1.29 is 9.53 Å². The fourth-order valence-corrected chi connectivity index (χ4v) is 2.68. The van der Waals surface area contributed by atoms with E-state index in [1.54, 1.807) is 0 Å². The normalized spacial score (nSPS) is 11.6. The summed E-state index contributed by atoms with van der Waals surface area (Å²) in [5.74, 6) is 0.744. The number of aromatic nitrogens is 2. The Morgan fingerprint density at radius 1 is 1.08 bits per heavy atom. The minimum absolute atomic E-state index is 0.152. The summed E-state index contributed by atoms with van der Waals surface area (Å²) in [5, 5.41) is 0. The number of rotatable bonds is 6. The van der Waals surface area contributed by atoms with Crippen molar-refractivity contribution in [2.75, 3.05) is 6.61 Å². The van der Waals surface area contributed by atoms with Crippen LogP contribution in [0.2, 0.25) is 0 Å². The minimum atomic E-state index is -0.445. The summed E-state index contributed by atoms with van der Waals surface area (Å²) in [7, 11) is 0. The van der Waals surface area contributed by atoms with Gasteiger partial charge >= 0.3 is 5.97 Å². The molecule has 0 saturated carbocycles. The molecule has 3 rings (SSSR count). The standard InChI is InChI=1S/C21H24N2O2/c1-4-21(2,3)20(24)25-15-14-23-18-13-9-8-12-17(18)22-19(23)16-10-6-5-7-11-16/h5-13H,4,14-15H2,1-3H3. The molecule has 0 amide bonds. The van der Waals surface area contributed by atoms with Gasteiger partial charge in [0, 0.05) is 5.56 Å². The van der Waals surface area contributed by atoms with Crippen LogP contribution < -0.4 is 0 Å². The fourth-order valence-electron chi connectivity index (χ4n) is 2.68. The Labute approximate surface area is 148 Å². The molecule has 0 N–H and O–H groups in total. The van der Waals surface area contributed by atoms with E-state index >= 15 is 0 Å². The summed E-state index contributed by atoms with van der Waals surface area (Å²) in [4.78, 5) is 17.0. The van der Waals surface area contributed by atoms with E-state index in [0.29, 0.717) is 13.2 Å². The van der Waals surface area contributed by atoms with Gasteiger partial charge in [0.2, 0.25) is 0 Å². The molecule has 4 nitrogen and oxygen atoms in total. The van der Waals surface area contributed by atoms with Gasteiger partial charge in [-0.2, -0.15) is 0 Å². The van der Waals surface area contributed by atoms with E-state index < -0.39 is 5.41 Å². The maximum absolute atomic E-state index is 12.2. The van der Waals surface area contributed by atoms with Gasteiger partial charge in [-0.25, -0.2) is 4.98 Å². The minimum Gasteiger partial charge on any atom is -0.463 e. The number of ether oxygens (including phenoxy) is 1. The second-order valence-electron chi connectivity index (χ2n) is 6.82. The van der Waals surface area contributed by atoms with Crippen LogP contribution >= 0.6 is 0 Å². The van der Waals surface area contributed by atoms with Gasteiger partial charge in [-0.3, -0.25) is 4.79 Å². The van der Waals surface area contributed by atoms with E-state index in [9.17, 15) is 4.79 Å². The van der Waals surface area contributed by atoms with Crippen molar-refractivity contribution in [1.29, 1.82) is 0 Å². The fraction of sp³-hybridized carbons (Fsp3) is 0.333. The van der Waals surface area contributed by atoms with Gasteiger partial charge in [0.05, 0.1) is 23.0 Å². The lowest BCUT2D eigenvalue weighted by Crippen LogP contribution is -2.27. The number of carbonyl (C=O) groups is 1. The zero-order valence-corrected chi connectivity index (χ0v) is 15.0. The molecule has 0 aliphatic rings. The van der Waals surface area contributed by atoms with Gasteiger partial charge in [-0.15, -0.1) is 0 Å². The molecular formula is C21H24N2O2. The second-order valence-corrected chi connectivity index (χ2v) is 6.82. The Bertz CT molecular complexity index is 866. The van der Waals surface area contributed by atoms with Crippen molar-refractivity contribution in [3.63, 3.8) is 0 Å². The molecule has 0 spiro atoms. The van der Waals surface area contributed by atoms with Crippen molar-refractivity contribution in [1.82, 2.24) is 9.55 Å². The van der Waals surface area contributed by atoms with Gasteiger partial charge in [0.1, 0.15) is 12.4 Å². The molecule has 0 fully saturated rings. The molecular weight excluding hydrogens is 312 g/mol. The molecule has 0 saturated heterocycles. The lowest BCUT2D eigenvalue weighted by Gasteiger charge is -2.20. The lowest BCUT2D eigenvalue weighted by atomic mass is 9.91. The third-order valence-corrected chi connectivity index (χ3v) is 4.67. The molecule has 3 aromatic rings. The molecule has 0 atom stereocenters. The Hall–Kier alpha value is -2.62. The average molecular weight is 336 g/mol. The maximum Gasteiger partial charge on any atom is 0.311 e. The number of hydrogen-bond donors (Lipinski definition) is 0. The van der Waals surface area contributed by atoms with Crippen molar-refractivity contribution in [2.45, 2.75) is 33.7 Å². The summed E-state index contributed by atoms with van der Waals surface area (Å²) in [6.45, 7) is 6.74. The topological polar surface area (TPSA) is 44.1 Å². The monoisotopic (exact) mass is 336 g/mol. The third kappa shape index (κ3) is 3.58. The molecule has 0 aliphatic heterocycles. The summed E-state index contributed by atoms with van der Waals surface area (Å²) in [6.07, 6.45) is 0.759. The summed E-state index contributed by atoms with van der Waals surface area (Å²) < 4.78 is 7.65. The number of para-hydroxylation sites is 2. The molecule has 0 unspecified atom stereocenters. The van der Waals surface area contributed by atoms with E-state index in [1.165, 1.54) is 0 Å². The number of fused-ring (bicyclic) bond motifs is 1. The quantitative estimate of drug-likeness (QED) is 0.614. The van der Waals surface area contributed by atoms with Crippen molar-refractivity contribution in [3.8, 4) is 11.4 Å². The highest BCUT2D eigenvalue weighted by atomic mass is 16.5. The third-order valence-electron chi connectivity index (χ3n) is 4.67. The average Bonchev–Trinajstić information content (AvgIpc) is 3.01. The Kier molecular flexibility index (Phi) is 4.88. The highest BCUT2D eigenvalue weighted by molar-refractivity contribution is 5.80. The zero-order valence-electron chi connectivity index (χ0n) is 15.0. The maximum atomic E-state index is 12.2. The van der Waals surface area contributed by atoms with E-state index in [0.717, 1.165) is 28.8 Å². The van der Waals surface area contributed by atoms with Crippen LogP contribution in [0, 0.1) is 5.41 Å². The second kappa shape index (κ2) is 7.09. The highest BCUT2D eigenvalue weighted by Gasteiger charge is 2.27. The van der Waals surface area contributed by atoms with E-state index in [1.807, 2.05) is 75.4 Å². The zero-order chi connectivity index (χ0) is 17.9. The molecule has 25 heavy (non-hydrogen) atoms. The summed E-state index contributed by atoms with van der Waals surface area (Å²) in [5.41, 5.74) is 2.60. The Morgan fingerprint density at radius 3 is 2.48 bits per heavy atom. The number of imidazole rings is 1. The summed E-state index contributed by atoms with van der Waals surface area (Å²) in [6, 6.07) is 18.1. The van der Waals surface area contributed by atoms with Crippen LogP contribution in [0.4, 0.5) is 0 Å². The molecule has 130 valence electrons. The van der Waals surface area contributed by atoms with Gasteiger partial charge in [-0.1, -0.05) is 49.4 Å². The van der Waals surface area contributed by atoms with Gasteiger partial charge in [-0.05, 0) is 32.4 Å². The predicted molar refractivity (Wildman–Crippen MR) is 100 cm³/mol. The molecule has 2 aromatic carbocycles. The van der Waals surface area contributed by atoms with Crippen LogP contribution in [0.1, 0.15) is 27.2 Å². The van der Waals surface area contributed by atoms with Gasteiger partial charge in [0.15, 0.2) is 0 Å². The lowest BCUT2D eigenvalue weighted by molar-refractivity contribution is -0.154. The number of nitrogens with zero attached hydrogens (tertiary/aromatic N) is 2. The van der Waals surface area contributed by atoms with Crippen LogP contribution in [0.3, 0.4) is 0 Å². The molecule has 1 aromatic heterocycles. The first-order valence-corrected chi connectivity index (χ1v) is 8.71. The van der Waals surface area contributed by atoms with Crippen LogP contribution in [0.5, 0.6) is 0 Å². The summed E-state index contributed by atoms with van der Waals surface area (Å²) >= 11 is 0.